The van der Waals surface area contributed by atoms with E-state index in [9.17, 15) is 4.79 Å². The minimum atomic E-state index is -0.657. The third-order valence-corrected chi connectivity index (χ3v) is 5.12. The van der Waals surface area contributed by atoms with Gasteiger partial charge in [-0.3, -0.25) is 4.79 Å². The zero-order chi connectivity index (χ0) is 23.4. The molecule has 1 aliphatic rings. The smallest absolute Gasteiger partial charge is 0.257 e. The van der Waals surface area contributed by atoms with Gasteiger partial charge in [0.1, 0.15) is 36.6 Å². The van der Waals surface area contributed by atoms with Gasteiger partial charge in [0.15, 0.2) is 0 Å². The third kappa shape index (κ3) is 5.15. The van der Waals surface area contributed by atoms with Gasteiger partial charge in [0, 0.05) is 29.6 Å². The van der Waals surface area contributed by atoms with Crippen LogP contribution in [0.15, 0.2) is 65.9 Å². The number of oxime groups is 1. The van der Waals surface area contributed by atoms with E-state index in [-0.39, 0.29) is 12.5 Å². The number of carbonyl (C=O) groups is 1. The van der Waals surface area contributed by atoms with Gasteiger partial charge in [-0.1, -0.05) is 5.16 Å². The highest BCUT2D eigenvalue weighted by Gasteiger charge is 2.37. The largest absolute Gasteiger partial charge is 0.489 e. The number of anilines is 3. The second kappa shape index (κ2) is 9.07. The van der Waals surface area contributed by atoms with Crippen LogP contribution < -0.4 is 26.3 Å². The zero-order valence-electron chi connectivity index (χ0n) is 18.4. The van der Waals surface area contributed by atoms with Gasteiger partial charge < -0.3 is 31.1 Å². The van der Waals surface area contributed by atoms with Gasteiger partial charge in [-0.05, 0) is 61.5 Å². The Kier molecular flexibility index (Phi) is 6.03. The van der Waals surface area contributed by atoms with Crippen LogP contribution in [0.3, 0.4) is 0 Å². The third-order valence-electron chi connectivity index (χ3n) is 5.12. The van der Waals surface area contributed by atoms with Gasteiger partial charge in [0.2, 0.25) is 0 Å². The predicted molar refractivity (Wildman–Crippen MR) is 127 cm³/mol. The van der Waals surface area contributed by atoms with Gasteiger partial charge in [-0.2, -0.15) is 0 Å². The fraction of sp³-hybridized carbons (Fsp3) is 0.208. The van der Waals surface area contributed by atoms with Gasteiger partial charge in [-0.15, -0.1) is 0 Å². The van der Waals surface area contributed by atoms with Crippen LogP contribution in [-0.2, 0) is 4.84 Å². The average Bonchev–Trinajstić information content (AvgIpc) is 2.80. The lowest BCUT2D eigenvalue weighted by atomic mass is 9.91. The molecule has 33 heavy (non-hydrogen) atoms. The first-order valence-electron chi connectivity index (χ1n) is 10.3. The maximum absolute atomic E-state index is 12.3. The second-order valence-corrected chi connectivity index (χ2v) is 7.94. The molecule has 4 rings (SSSR count). The summed E-state index contributed by atoms with van der Waals surface area (Å²) in [5, 5.41) is 6.97. The Morgan fingerprint density at radius 2 is 1.97 bits per heavy atom. The maximum atomic E-state index is 12.3. The van der Waals surface area contributed by atoms with Crippen LogP contribution in [0.4, 0.5) is 17.2 Å². The number of amides is 1. The quantitative estimate of drug-likeness (QED) is 0.389. The number of pyridine rings is 1. The van der Waals surface area contributed by atoms with Crippen LogP contribution in [0, 0.1) is 0 Å². The van der Waals surface area contributed by atoms with E-state index >= 15 is 0 Å². The molecule has 0 saturated heterocycles. The lowest BCUT2D eigenvalue weighted by molar-refractivity contribution is 0.0360. The molecule has 3 aromatic rings. The molecule has 9 heteroatoms. The molecular formula is C24H25N5O4. The van der Waals surface area contributed by atoms with E-state index < -0.39 is 5.60 Å². The van der Waals surface area contributed by atoms with Crippen molar-refractivity contribution in [3.8, 4) is 11.5 Å². The van der Waals surface area contributed by atoms with Crippen LogP contribution in [-0.4, -0.2) is 35.9 Å². The van der Waals surface area contributed by atoms with E-state index in [1.807, 2.05) is 19.1 Å². The highest BCUT2D eigenvalue weighted by atomic mass is 16.6. The van der Waals surface area contributed by atoms with Crippen molar-refractivity contribution in [3.63, 3.8) is 0 Å². The number of rotatable bonds is 6. The van der Waals surface area contributed by atoms with Crippen LogP contribution in [0.1, 0.15) is 29.3 Å². The van der Waals surface area contributed by atoms with Gasteiger partial charge >= 0.3 is 0 Å². The minimum absolute atomic E-state index is 0.274. The molecule has 1 aromatic heterocycles. The number of benzene rings is 2. The van der Waals surface area contributed by atoms with Crippen LogP contribution in [0.2, 0.25) is 0 Å². The number of hydrogen-bond acceptors (Lipinski definition) is 8. The normalized spacial score (nSPS) is 18.2. The average molecular weight is 447 g/mol. The molecule has 5 N–H and O–H groups in total. The van der Waals surface area contributed by atoms with E-state index in [1.165, 1.54) is 13.3 Å². The van der Waals surface area contributed by atoms with E-state index in [4.69, 9.17) is 25.8 Å². The topological polar surface area (TPSA) is 134 Å². The number of hydrogen-bond donors (Lipinski definition) is 3. The van der Waals surface area contributed by atoms with Crippen molar-refractivity contribution in [2.45, 2.75) is 18.9 Å². The summed E-state index contributed by atoms with van der Waals surface area (Å²) < 4.78 is 12.2. The van der Waals surface area contributed by atoms with Gasteiger partial charge in [0.25, 0.3) is 5.91 Å². The zero-order valence-corrected chi connectivity index (χ0v) is 18.4. The van der Waals surface area contributed by atoms with E-state index in [0.29, 0.717) is 40.7 Å². The minimum Gasteiger partial charge on any atom is -0.489 e. The molecule has 0 aliphatic carbocycles. The number of aromatic nitrogens is 1. The summed E-state index contributed by atoms with van der Waals surface area (Å²) in [7, 11) is 1.51. The van der Waals surface area contributed by atoms with Crippen molar-refractivity contribution in [1.29, 1.82) is 0 Å². The van der Waals surface area contributed by atoms with Crippen LogP contribution in [0.5, 0.6) is 11.5 Å². The van der Waals surface area contributed by atoms with Crippen molar-refractivity contribution in [2.75, 3.05) is 30.5 Å². The molecule has 0 bridgehead atoms. The molecule has 2 aromatic carbocycles. The molecule has 1 aliphatic heterocycles. The predicted octanol–water partition coefficient (Wildman–Crippen LogP) is 3.47. The SMILES string of the molecule is CO/N=C1\CC(C)(COc2ccc(NC(=O)c3ccc(N)nc3)cc2)Oc2ccc(N)cc21. The second-order valence-electron chi connectivity index (χ2n) is 7.94. The van der Waals surface area contributed by atoms with E-state index in [2.05, 4.69) is 15.5 Å². The summed E-state index contributed by atoms with van der Waals surface area (Å²) in [4.78, 5) is 21.3. The van der Waals surface area contributed by atoms with Crippen molar-refractivity contribution >= 4 is 28.8 Å². The highest BCUT2D eigenvalue weighted by molar-refractivity contribution is 6.05. The number of nitrogens with one attached hydrogen (secondary N) is 1. The Morgan fingerprint density at radius 3 is 2.67 bits per heavy atom. The molecule has 1 unspecified atom stereocenters. The highest BCUT2D eigenvalue weighted by Crippen LogP contribution is 2.35. The molecular weight excluding hydrogens is 422 g/mol. The van der Waals surface area contributed by atoms with Gasteiger partial charge in [-0.25, -0.2) is 4.98 Å². The summed E-state index contributed by atoms with van der Waals surface area (Å²) >= 11 is 0. The molecule has 0 fully saturated rings. The first kappa shape index (κ1) is 21.9. The summed E-state index contributed by atoms with van der Waals surface area (Å²) in [6.07, 6.45) is 1.92. The standard InChI is InChI=1S/C24H25N5O4/c1-24(12-20(29-31-2)19-11-16(25)4-9-21(19)33-24)14-32-18-7-5-17(6-8-18)28-23(30)15-3-10-22(26)27-13-15/h3-11,13H,12,14,25H2,1-2H3,(H2,26,27)(H,28,30)/b29-20+. The molecule has 170 valence electrons. The van der Waals surface area contributed by atoms with E-state index in [1.54, 1.807) is 42.5 Å². The summed E-state index contributed by atoms with van der Waals surface area (Å²) in [5.41, 5.74) is 14.0. The Balaban J connectivity index is 1.40. The Bertz CT molecular complexity index is 1180. The van der Waals surface area contributed by atoms with Crippen molar-refractivity contribution in [3.05, 3.63) is 71.9 Å². The number of nitrogen functional groups attached to an aromatic ring is 2. The fourth-order valence-electron chi connectivity index (χ4n) is 3.50. The van der Waals surface area contributed by atoms with E-state index in [0.717, 1.165) is 11.3 Å². The molecule has 1 amide bonds. The molecule has 1 atom stereocenters. The number of ether oxygens (including phenoxy) is 2. The van der Waals surface area contributed by atoms with Crippen LogP contribution >= 0.6 is 0 Å². The molecule has 2 heterocycles. The monoisotopic (exact) mass is 447 g/mol. The molecule has 0 saturated carbocycles. The van der Waals surface area contributed by atoms with Crippen molar-refractivity contribution in [2.24, 2.45) is 5.16 Å². The molecule has 0 radical (unpaired) electrons. The fourth-order valence-corrected chi connectivity index (χ4v) is 3.50. The Morgan fingerprint density at radius 1 is 1.18 bits per heavy atom. The lowest BCUT2D eigenvalue weighted by Crippen LogP contribution is -2.44. The summed E-state index contributed by atoms with van der Waals surface area (Å²) in [6.45, 7) is 2.23. The van der Waals surface area contributed by atoms with Crippen molar-refractivity contribution < 1.29 is 19.1 Å². The van der Waals surface area contributed by atoms with Crippen LogP contribution in [0.25, 0.3) is 0 Å². The first-order chi connectivity index (χ1) is 15.8. The first-order valence-corrected chi connectivity index (χ1v) is 10.3. The number of carbonyl (C=O) groups excluding carboxylic acids is 1. The molecule has 0 spiro atoms. The molecule has 9 nitrogen and oxygen atoms in total. The Labute approximate surface area is 191 Å². The number of nitrogens with two attached hydrogens (primary N) is 2. The summed E-state index contributed by atoms with van der Waals surface area (Å²) in [5.74, 6) is 1.40. The Hall–Kier alpha value is -4.27. The van der Waals surface area contributed by atoms with Gasteiger partial charge in [0.05, 0.1) is 11.3 Å². The van der Waals surface area contributed by atoms with Crippen molar-refractivity contribution in [1.82, 2.24) is 4.98 Å². The maximum Gasteiger partial charge on any atom is 0.257 e. The number of nitrogens with zero attached hydrogens (tertiary/aromatic N) is 2. The lowest BCUT2D eigenvalue weighted by Gasteiger charge is -2.35. The number of fused-ring (bicyclic) bond motifs is 1. The summed E-state index contributed by atoms with van der Waals surface area (Å²) in [6, 6.07) is 15.7.